The lowest BCUT2D eigenvalue weighted by molar-refractivity contribution is -0.119. The number of amides is 2. The molecule has 8 nitrogen and oxygen atoms in total. The summed E-state index contributed by atoms with van der Waals surface area (Å²) in [4.78, 5) is 32.7. The van der Waals surface area contributed by atoms with Crippen LogP contribution >= 0.6 is 0 Å². The van der Waals surface area contributed by atoms with E-state index >= 15 is 0 Å². The van der Waals surface area contributed by atoms with Gasteiger partial charge in [-0.15, -0.1) is 0 Å². The maximum atomic E-state index is 14.0. The molecule has 4 aromatic rings. The van der Waals surface area contributed by atoms with Crippen molar-refractivity contribution in [2.45, 2.75) is 32.5 Å². The number of hydrogen-bond acceptors (Lipinski definition) is 4. The van der Waals surface area contributed by atoms with E-state index in [-0.39, 0.29) is 24.5 Å². The molecule has 0 fully saturated rings. The Hall–Kier alpha value is -3.91. The molecule has 0 radical (unpaired) electrons. The van der Waals surface area contributed by atoms with Gasteiger partial charge in [0.05, 0.1) is 29.0 Å². The van der Waals surface area contributed by atoms with Gasteiger partial charge in [0.2, 0.25) is 5.91 Å². The minimum absolute atomic E-state index is 0.0614. The number of nitrogens with zero attached hydrogens (tertiary/aromatic N) is 4. The first-order valence-corrected chi connectivity index (χ1v) is 11.8. The number of fused-ring (bicyclic) bond motifs is 2. The lowest BCUT2D eigenvalue weighted by Gasteiger charge is -2.35. The van der Waals surface area contributed by atoms with Crippen molar-refractivity contribution in [3.63, 3.8) is 0 Å². The summed E-state index contributed by atoms with van der Waals surface area (Å²) < 4.78 is 9.17. The van der Waals surface area contributed by atoms with Crippen LogP contribution in [0.5, 0.6) is 0 Å². The second kappa shape index (κ2) is 9.76. The molecule has 3 heterocycles. The van der Waals surface area contributed by atoms with Crippen molar-refractivity contribution in [1.82, 2.24) is 19.0 Å². The molecular formula is C27H29N5O3. The maximum absolute atomic E-state index is 14.0. The van der Waals surface area contributed by atoms with Crippen molar-refractivity contribution in [2.24, 2.45) is 0 Å². The minimum atomic E-state index is -0.280. The van der Waals surface area contributed by atoms with Crippen molar-refractivity contribution in [3.05, 3.63) is 83.9 Å². The van der Waals surface area contributed by atoms with Gasteiger partial charge in [0.15, 0.2) is 0 Å². The molecule has 0 saturated heterocycles. The van der Waals surface area contributed by atoms with Gasteiger partial charge in [-0.05, 0) is 43.2 Å². The van der Waals surface area contributed by atoms with Gasteiger partial charge in [-0.2, -0.15) is 0 Å². The zero-order valence-corrected chi connectivity index (χ0v) is 20.0. The first kappa shape index (κ1) is 22.9. The van der Waals surface area contributed by atoms with Gasteiger partial charge in [-0.25, -0.2) is 4.98 Å². The summed E-state index contributed by atoms with van der Waals surface area (Å²) in [5, 5.41) is 2.83. The van der Waals surface area contributed by atoms with E-state index in [9.17, 15) is 9.59 Å². The van der Waals surface area contributed by atoms with Crippen LogP contribution in [-0.4, -0.2) is 51.1 Å². The summed E-state index contributed by atoms with van der Waals surface area (Å²) in [6, 6.07) is 17.8. The topological polar surface area (TPSA) is 81.4 Å². The number of carbonyl (C=O) groups is 2. The zero-order valence-electron chi connectivity index (χ0n) is 20.0. The molecule has 0 saturated carbocycles. The summed E-state index contributed by atoms with van der Waals surface area (Å²) in [6.45, 7) is 4.04. The Bertz CT molecular complexity index is 1360. The molecule has 1 aliphatic heterocycles. The first-order valence-electron chi connectivity index (χ1n) is 11.8. The van der Waals surface area contributed by atoms with Crippen LogP contribution in [0.1, 0.15) is 34.6 Å². The Labute approximate surface area is 204 Å². The molecule has 1 aliphatic rings. The molecule has 1 unspecified atom stereocenters. The highest BCUT2D eigenvalue weighted by atomic mass is 16.5. The molecule has 35 heavy (non-hydrogen) atoms. The van der Waals surface area contributed by atoms with Crippen molar-refractivity contribution < 1.29 is 14.3 Å². The molecule has 5 rings (SSSR count). The minimum Gasteiger partial charge on any atom is -0.375 e. The number of carbonyl (C=O) groups excluding carboxylic acids is 2. The van der Waals surface area contributed by atoms with Crippen LogP contribution in [0.4, 0.5) is 5.69 Å². The van der Waals surface area contributed by atoms with E-state index in [1.54, 1.807) is 12.4 Å². The molecule has 8 heteroatoms. The van der Waals surface area contributed by atoms with E-state index in [1.165, 1.54) is 12.7 Å². The molecular weight excluding hydrogens is 442 g/mol. The molecule has 1 atom stereocenters. The van der Waals surface area contributed by atoms with Crippen molar-refractivity contribution >= 4 is 28.5 Å². The van der Waals surface area contributed by atoms with Crippen LogP contribution in [-0.2, 0) is 29.0 Å². The number of aromatic nitrogens is 3. The lowest BCUT2D eigenvalue weighted by atomic mass is 10.1. The first-order chi connectivity index (χ1) is 17.0. The monoisotopic (exact) mass is 471 g/mol. The maximum Gasteiger partial charge on any atom is 0.256 e. The molecule has 2 amide bonds. The zero-order chi connectivity index (χ0) is 24.4. The summed E-state index contributed by atoms with van der Waals surface area (Å²) in [5.41, 5.74) is 4.85. The number of nitrogens with one attached hydrogen (secondary N) is 1. The summed E-state index contributed by atoms with van der Waals surface area (Å²) in [6.07, 6.45) is 4.65. The number of benzene rings is 2. The Kier molecular flexibility index (Phi) is 6.37. The number of aryl methyl sites for hydroxylation is 2. The molecule has 0 aliphatic carbocycles. The Morgan fingerprint density at radius 2 is 1.94 bits per heavy atom. The SMILES string of the molecule is COCC(=O)Nc1cc(C(=O)N2CCn3cccc3C2C)c2c(c1)ncn2CCc1ccccc1. The number of imidazole rings is 1. The quantitative estimate of drug-likeness (QED) is 0.444. The largest absolute Gasteiger partial charge is 0.375 e. The Morgan fingerprint density at radius 1 is 1.11 bits per heavy atom. The average Bonchev–Trinajstić information content (AvgIpc) is 3.50. The smallest absolute Gasteiger partial charge is 0.256 e. The van der Waals surface area contributed by atoms with E-state index in [1.807, 2.05) is 39.8 Å². The Balaban J connectivity index is 1.52. The third kappa shape index (κ3) is 4.57. The van der Waals surface area contributed by atoms with E-state index in [2.05, 4.69) is 46.2 Å². The summed E-state index contributed by atoms with van der Waals surface area (Å²) in [7, 11) is 1.47. The number of hydrogen-bond donors (Lipinski definition) is 1. The summed E-state index contributed by atoms with van der Waals surface area (Å²) >= 11 is 0. The van der Waals surface area contributed by atoms with Gasteiger partial charge in [0.1, 0.15) is 6.61 Å². The average molecular weight is 472 g/mol. The van der Waals surface area contributed by atoms with Crippen molar-refractivity contribution in [3.8, 4) is 0 Å². The second-order valence-corrected chi connectivity index (χ2v) is 8.85. The number of ether oxygens (including phenoxy) is 1. The van der Waals surface area contributed by atoms with Gasteiger partial charge in [-0.3, -0.25) is 9.59 Å². The molecule has 0 spiro atoms. The highest BCUT2D eigenvalue weighted by molar-refractivity contribution is 6.07. The Morgan fingerprint density at radius 3 is 2.74 bits per heavy atom. The van der Waals surface area contributed by atoms with Gasteiger partial charge in [0, 0.05) is 44.3 Å². The predicted molar refractivity (Wildman–Crippen MR) is 134 cm³/mol. The van der Waals surface area contributed by atoms with Crippen LogP contribution in [0.2, 0.25) is 0 Å². The van der Waals surface area contributed by atoms with E-state index < -0.39 is 0 Å². The van der Waals surface area contributed by atoms with E-state index in [4.69, 9.17) is 4.74 Å². The number of methoxy groups -OCH3 is 1. The normalized spacial score (nSPS) is 15.3. The van der Waals surface area contributed by atoms with Crippen LogP contribution in [0, 0.1) is 0 Å². The standard InChI is InChI=1S/C27H29N5O3/c1-19-24-9-6-11-30(24)13-14-32(19)27(34)22-15-21(29-25(33)17-35-2)16-23-26(22)31(18-28-23)12-10-20-7-4-3-5-8-20/h3-9,11,15-16,18-19H,10,12-14,17H2,1-2H3,(H,29,33). The van der Waals surface area contributed by atoms with E-state index in [0.29, 0.717) is 29.9 Å². The second-order valence-electron chi connectivity index (χ2n) is 8.85. The molecule has 0 bridgehead atoms. The van der Waals surface area contributed by atoms with Gasteiger partial charge in [-0.1, -0.05) is 30.3 Å². The fourth-order valence-electron chi connectivity index (χ4n) is 4.85. The fourth-order valence-corrected chi connectivity index (χ4v) is 4.85. The third-order valence-corrected chi connectivity index (χ3v) is 6.59. The fraction of sp³-hybridized carbons (Fsp3) is 0.296. The van der Waals surface area contributed by atoms with Crippen LogP contribution in [0.15, 0.2) is 67.1 Å². The number of rotatable bonds is 7. The molecule has 2 aromatic carbocycles. The van der Waals surface area contributed by atoms with Crippen LogP contribution in [0.25, 0.3) is 11.0 Å². The van der Waals surface area contributed by atoms with Crippen LogP contribution < -0.4 is 5.32 Å². The number of anilines is 1. The van der Waals surface area contributed by atoms with Gasteiger partial charge in [0.25, 0.3) is 5.91 Å². The van der Waals surface area contributed by atoms with Gasteiger partial charge >= 0.3 is 0 Å². The lowest BCUT2D eigenvalue weighted by Crippen LogP contribution is -2.40. The van der Waals surface area contributed by atoms with Crippen molar-refractivity contribution in [2.75, 3.05) is 25.6 Å². The molecule has 2 aromatic heterocycles. The highest BCUT2D eigenvalue weighted by Crippen LogP contribution is 2.31. The molecule has 180 valence electrons. The van der Waals surface area contributed by atoms with Gasteiger partial charge < -0.3 is 24.1 Å². The van der Waals surface area contributed by atoms with Crippen LogP contribution in [0.3, 0.4) is 0 Å². The van der Waals surface area contributed by atoms with Crippen molar-refractivity contribution in [1.29, 1.82) is 0 Å². The third-order valence-electron chi connectivity index (χ3n) is 6.59. The highest BCUT2D eigenvalue weighted by Gasteiger charge is 2.30. The summed E-state index contributed by atoms with van der Waals surface area (Å²) in [5.74, 6) is -0.350. The molecule has 1 N–H and O–H groups in total. The van der Waals surface area contributed by atoms with E-state index in [0.717, 1.165) is 24.2 Å². The predicted octanol–water partition coefficient (Wildman–Crippen LogP) is 3.88.